The monoisotopic (exact) mass is 385 g/mol. The maximum absolute atomic E-state index is 10.7. The number of hydrogen-bond acceptors (Lipinski definition) is 4. The Balaban J connectivity index is 2.02. The third-order valence-corrected chi connectivity index (χ3v) is 5.20. The lowest BCUT2D eigenvalue weighted by Gasteiger charge is -2.33. The molecule has 1 aliphatic rings. The van der Waals surface area contributed by atoms with Gasteiger partial charge in [-0.1, -0.05) is 6.07 Å². The normalized spacial score (nSPS) is 18.7. The second-order valence-electron chi connectivity index (χ2n) is 5.95. The standard InChI is InChI=1S/C17H24BrNO4/c1-22-14-7-6-13(16(18)17(14)23-2)11-19-9-3-4-12(10-19)5-8-15(20)21/h6-7,12H,3-5,8-11H2,1-2H3,(H,20,21). The average Bonchev–Trinajstić information content (AvgIpc) is 2.55. The molecule has 1 aromatic rings. The van der Waals surface area contributed by atoms with Gasteiger partial charge in [0.15, 0.2) is 11.5 Å². The number of carbonyl (C=O) groups is 1. The van der Waals surface area contributed by atoms with Gasteiger partial charge < -0.3 is 14.6 Å². The summed E-state index contributed by atoms with van der Waals surface area (Å²) < 4.78 is 11.7. The fourth-order valence-electron chi connectivity index (χ4n) is 3.15. The van der Waals surface area contributed by atoms with Gasteiger partial charge in [-0.05, 0) is 59.3 Å². The van der Waals surface area contributed by atoms with Crippen LogP contribution < -0.4 is 9.47 Å². The molecule has 1 N–H and O–H groups in total. The molecule has 1 saturated heterocycles. The molecular formula is C17H24BrNO4. The molecule has 1 aliphatic heterocycles. The van der Waals surface area contributed by atoms with Crippen molar-refractivity contribution in [1.82, 2.24) is 4.90 Å². The molecule has 5 nitrogen and oxygen atoms in total. The van der Waals surface area contributed by atoms with Crippen LogP contribution in [0, 0.1) is 5.92 Å². The van der Waals surface area contributed by atoms with Crippen molar-refractivity contribution in [2.45, 2.75) is 32.2 Å². The second kappa shape index (κ2) is 8.55. The number of aliphatic carboxylic acids is 1. The first kappa shape index (κ1) is 18.1. The number of carboxylic acids is 1. The van der Waals surface area contributed by atoms with E-state index in [1.54, 1.807) is 14.2 Å². The quantitative estimate of drug-likeness (QED) is 0.777. The van der Waals surface area contributed by atoms with Gasteiger partial charge in [-0.3, -0.25) is 9.69 Å². The molecule has 0 bridgehead atoms. The molecule has 128 valence electrons. The molecule has 1 heterocycles. The summed E-state index contributed by atoms with van der Waals surface area (Å²) in [7, 11) is 3.26. The van der Waals surface area contributed by atoms with Gasteiger partial charge >= 0.3 is 5.97 Å². The summed E-state index contributed by atoms with van der Waals surface area (Å²) in [5.74, 6) is 1.19. The molecule has 0 aliphatic carbocycles. The van der Waals surface area contributed by atoms with Gasteiger partial charge in [-0.2, -0.15) is 0 Å². The van der Waals surface area contributed by atoms with Crippen LogP contribution in [0.5, 0.6) is 11.5 Å². The summed E-state index contributed by atoms with van der Waals surface area (Å²) in [6, 6.07) is 3.97. The van der Waals surface area contributed by atoms with Gasteiger partial charge in [0.25, 0.3) is 0 Å². The number of hydrogen-bond donors (Lipinski definition) is 1. The molecule has 0 amide bonds. The number of benzene rings is 1. The predicted octanol–water partition coefficient (Wildman–Crippen LogP) is 3.54. The molecule has 0 spiro atoms. The van der Waals surface area contributed by atoms with Crippen LogP contribution in [-0.2, 0) is 11.3 Å². The maximum atomic E-state index is 10.7. The molecule has 23 heavy (non-hydrogen) atoms. The highest BCUT2D eigenvalue weighted by Gasteiger charge is 2.22. The maximum Gasteiger partial charge on any atom is 0.303 e. The van der Waals surface area contributed by atoms with Gasteiger partial charge in [-0.15, -0.1) is 0 Å². The third-order valence-electron chi connectivity index (χ3n) is 4.33. The number of piperidine rings is 1. The minimum atomic E-state index is -0.704. The van der Waals surface area contributed by atoms with Crippen molar-refractivity contribution in [2.24, 2.45) is 5.92 Å². The minimum Gasteiger partial charge on any atom is -0.493 e. The van der Waals surface area contributed by atoms with E-state index in [0.717, 1.165) is 48.9 Å². The first-order valence-electron chi connectivity index (χ1n) is 7.88. The highest BCUT2D eigenvalue weighted by Crippen LogP contribution is 2.38. The Labute approximate surface area is 145 Å². The van der Waals surface area contributed by atoms with Gasteiger partial charge in [0.05, 0.1) is 18.7 Å². The number of ether oxygens (including phenoxy) is 2. The highest BCUT2D eigenvalue weighted by atomic mass is 79.9. The van der Waals surface area contributed by atoms with E-state index in [9.17, 15) is 4.79 Å². The summed E-state index contributed by atoms with van der Waals surface area (Å²) in [5.41, 5.74) is 1.15. The topological polar surface area (TPSA) is 59.0 Å². The summed E-state index contributed by atoms with van der Waals surface area (Å²) >= 11 is 3.62. The van der Waals surface area contributed by atoms with Crippen LogP contribution in [0.1, 0.15) is 31.2 Å². The Morgan fingerprint density at radius 1 is 1.39 bits per heavy atom. The first-order valence-corrected chi connectivity index (χ1v) is 8.68. The van der Waals surface area contributed by atoms with E-state index in [0.29, 0.717) is 17.4 Å². The largest absolute Gasteiger partial charge is 0.493 e. The Morgan fingerprint density at radius 2 is 2.17 bits per heavy atom. The van der Waals surface area contributed by atoms with E-state index in [-0.39, 0.29) is 6.42 Å². The van der Waals surface area contributed by atoms with Gasteiger partial charge in [0.1, 0.15) is 0 Å². The van der Waals surface area contributed by atoms with Crippen molar-refractivity contribution < 1.29 is 19.4 Å². The van der Waals surface area contributed by atoms with E-state index < -0.39 is 5.97 Å². The lowest BCUT2D eigenvalue weighted by atomic mass is 9.93. The van der Waals surface area contributed by atoms with Gasteiger partial charge in [0.2, 0.25) is 0 Å². The van der Waals surface area contributed by atoms with Crippen molar-refractivity contribution >= 4 is 21.9 Å². The molecule has 2 rings (SSSR count). The third kappa shape index (κ3) is 4.85. The Hall–Kier alpha value is -1.27. The average molecular weight is 386 g/mol. The van der Waals surface area contributed by atoms with Gasteiger partial charge in [0, 0.05) is 19.5 Å². The Bertz CT molecular complexity index is 550. The molecule has 6 heteroatoms. The van der Waals surface area contributed by atoms with E-state index in [2.05, 4.69) is 20.8 Å². The summed E-state index contributed by atoms with van der Waals surface area (Å²) in [6.07, 6.45) is 3.27. The van der Waals surface area contributed by atoms with E-state index in [4.69, 9.17) is 14.6 Å². The number of methoxy groups -OCH3 is 2. The molecule has 1 unspecified atom stereocenters. The molecule has 0 saturated carbocycles. The zero-order valence-corrected chi connectivity index (χ0v) is 15.3. The summed E-state index contributed by atoms with van der Waals surface area (Å²) in [6.45, 7) is 2.82. The first-order chi connectivity index (χ1) is 11.0. The van der Waals surface area contributed by atoms with Crippen LogP contribution in [0.2, 0.25) is 0 Å². The van der Waals surface area contributed by atoms with E-state index >= 15 is 0 Å². The minimum absolute atomic E-state index is 0.262. The lowest BCUT2D eigenvalue weighted by Crippen LogP contribution is -2.35. The van der Waals surface area contributed by atoms with Crippen molar-refractivity contribution in [3.8, 4) is 11.5 Å². The molecule has 0 radical (unpaired) electrons. The van der Waals surface area contributed by atoms with Crippen LogP contribution in [0.25, 0.3) is 0 Å². The Kier molecular flexibility index (Phi) is 6.72. The Morgan fingerprint density at radius 3 is 2.83 bits per heavy atom. The number of carboxylic acid groups (broad SMARTS) is 1. The number of nitrogens with zero attached hydrogens (tertiary/aromatic N) is 1. The van der Waals surface area contributed by atoms with Crippen LogP contribution in [-0.4, -0.2) is 43.3 Å². The van der Waals surface area contributed by atoms with Crippen LogP contribution in [0.15, 0.2) is 16.6 Å². The number of halogens is 1. The van der Waals surface area contributed by atoms with Crippen molar-refractivity contribution in [2.75, 3.05) is 27.3 Å². The summed E-state index contributed by atoms with van der Waals surface area (Å²) in [4.78, 5) is 13.1. The van der Waals surface area contributed by atoms with Crippen LogP contribution in [0.3, 0.4) is 0 Å². The fourth-order valence-corrected chi connectivity index (χ4v) is 3.77. The zero-order chi connectivity index (χ0) is 16.8. The SMILES string of the molecule is COc1ccc(CN2CCCC(CCC(=O)O)C2)c(Br)c1OC. The van der Waals surface area contributed by atoms with Crippen LogP contribution in [0.4, 0.5) is 0 Å². The highest BCUT2D eigenvalue weighted by molar-refractivity contribution is 9.10. The number of likely N-dealkylation sites (tertiary alicyclic amines) is 1. The van der Waals surface area contributed by atoms with Crippen molar-refractivity contribution in [3.05, 3.63) is 22.2 Å². The van der Waals surface area contributed by atoms with E-state index in [1.165, 1.54) is 0 Å². The predicted molar refractivity (Wildman–Crippen MR) is 92.1 cm³/mol. The molecular weight excluding hydrogens is 362 g/mol. The summed E-state index contributed by atoms with van der Waals surface area (Å²) in [5, 5.41) is 8.84. The molecule has 1 aromatic carbocycles. The second-order valence-corrected chi connectivity index (χ2v) is 6.74. The van der Waals surface area contributed by atoms with Crippen molar-refractivity contribution in [3.63, 3.8) is 0 Å². The smallest absolute Gasteiger partial charge is 0.303 e. The lowest BCUT2D eigenvalue weighted by molar-refractivity contribution is -0.137. The zero-order valence-electron chi connectivity index (χ0n) is 13.7. The van der Waals surface area contributed by atoms with Crippen molar-refractivity contribution in [1.29, 1.82) is 0 Å². The van der Waals surface area contributed by atoms with E-state index in [1.807, 2.05) is 12.1 Å². The van der Waals surface area contributed by atoms with Gasteiger partial charge in [-0.25, -0.2) is 0 Å². The molecule has 1 atom stereocenters. The molecule has 1 fully saturated rings. The fraction of sp³-hybridized carbons (Fsp3) is 0.588. The van der Waals surface area contributed by atoms with Crippen LogP contribution >= 0.6 is 15.9 Å². The number of rotatable bonds is 7. The molecule has 0 aromatic heterocycles.